The summed E-state index contributed by atoms with van der Waals surface area (Å²) in [5.74, 6) is -2.16. The van der Waals surface area contributed by atoms with Crippen LogP contribution in [0.4, 0.5) is 0 Å². The number of esters is 2. The van der Waals surface area contributed by atoms with Gasteiger partial charge in [0.2, 0.25) is 11.9 Å². The van der Waals surface area contributed by atoms with Crippen LogP contribution in [0.3, 0.4) is 0 Å². The number of hydrogen-bond donors (Lipinski definition) is 1. The number of halogens is 1. The topological polar surface area (TPSA) is 81.7 Å². The molecule has 0 spiro atoms. The van der Waals surface area contributed by atoms with E-state index in [2.05, 4.69) is 21.2 Å². The molecule has 0 aliphatic heterocycles. The van der Waals surface area contributed by atoms with Crippen molar-refractivity contribution in [1.29, 1.82) is 0 Å². The highest BCUT2D eigenvalue weighted by atomic mass is 79.9. The number of amides is 1. The second-order valence-electron chi connectivity index (χ2n) is 4.60. The molecule has 1 unspecified atom stereocenters. The number of carbonyl (C=O) groups is 3. The first kappa shape index (κ1) is 19.2. The van der Waals surface area contributed by atoms with Crippen molar-refractivity contribution in [3.05, 3.63) is 35.9 Å². The summed E-state index contributed by atoms with van der Waals surface area (Å²) in [4.78, 5) is 35.3. The van der Waals surface area contributed by atoms with Gasteiger partial charge in [-0.2, -0.15) is 0 Å². The second kappa shape index (κ2) is 9.99. The van der Waals surface area contributed by atoms with Gasteiger partial charge in [-0.25, -0.2) is 9.59 Å². The summed E-state index contributed by atoms with van der Waals surface area (Å²) in [6.45, 7) is 3.44. The van der Waals surface area contributed by atoms with Crippen LogP contribution < -0.4 is 5.32 Å². The van der Waals surface area contributed by atoms with Crippen molar-refractivity contribution >= 4 is 33.8 Å². The average Bonchev–Trinajstić information content (AvgIpc) is 2.53. The Morgan fingerprint density at radius 3 is 2.04 bits per heavy atom. The summed E-state index contributed by atoms with van der Waals surface area (Å²) >= 11 is 3.27. The number of rotatable bonds is 8. The molecule has 126 valence electrons. The van der Waals surface area contributed by atoms with Gasteiger partial charge in [-0.1, -0.05) is 46.3 Å². The summed E-state index contributed by atoms with van der Waals surface area (Å²) in [5.41, 5.74) is 0.952. The molecule has 0 aromatic heterocycles. The molecular weight excluding hydrogens is 366 g/mol. The molecule has 1 rings (SSSR count). The van der Waals surface area contributed by atoms with Gasteiger partial charge in [-0.3, -0.25) is 4.79 Å². The van der Waals surface area contributed by atoms with Crippen molar-refractivity contribution in [2.24, 2.45) is 0 Å². The molecule has 7 heteroatoms. The normalized spacial score (nSPS) is 11.7. The standard InChI is InChI=1S/C16H20BrNO5/c1-3-22-15(20)13(16(21)23-4-2)18-14(19)12(17)10-11-8-6-5-7-9-11/h5-9,12-13H,3-4,10H2,1-2H3,(H,18,19). The third kappa shape index (κ3) is 6.40. The molecule has 6 nitrogen and oxygen atoms in total. The predicted octanol–water partition coefficient (Wildman–Crippen LogP) is 1.60. The molecule has 0 bridgehead atoms. The van der Waals surface area contributed by atoms with Gasteiger partial charge in [0.1, 0.15) is 0 Å². The lowest BCUT2D eigenvalue weighted by Crippen LogP contribution is -2.50. The lowest BCUT2D eigenvalue weighted by Gasteiger charge is -2.18. The molecule has 1 amide bonds. The zero-order valence-corrected chi connectivity index (χ0v) is 14.7. The van der Waals surface area contributed by atoms with Gasteiger partial charge in [0.25, 0.3) is 0 Å². The first-order chi connectivity index (χ1) is 11.0. The number of alkyl halides is 1. The van der Waals surface area contributed by atoms with Crippen LogP contribution in [0.15, 0.2) is 30.3 Å². The van der Waals surface area contributed by atoms with Crippen LogP contribution >= 0.6 is 15.9 Å². The summed E-state index contributed by atoms with van der Waals surface area (Å²) < 4.78 is 9.60. The highest BCUT2D eigenvalue weighted by Crippen LogP contribution is 2.10. The lowest BCUT2D eigenvalue weighted by atomic mass is 10.1. The summed E-state index contributed by atoms with van der Waals surface area (Å²) in [7, 11) is 0. The van der Waals surface area contributed by atoms with E-state index in [0.29, 0.717) is 6.42 Å². The fraction of sp³-hybridized carbons (Fsp3) is 0.438. The molecule has 0 heterocycles. The molecule has 0 fully saturated rings. The zero-order valence-electron chi connectivity index (χ0n) is 13.1. The van der Waals surface area contributed by atoms with Crippen LogP contribution in [-0.2, 0) is 30.3 Å². The fourth-order valence-corrected chi connectivity index (χ4v) is 2.32. The summed E-state index contributed by atoms with van der Waals surface area (Å²) in [6.07, 6.45) is 0.422. The number of benzene rings is 1. The highest BCUT2D eigenvalue weighted by Gasteiger charge is 2.32. The average molecular weight is 386 g/mol. The maximum Gasteiger partial charge on any atom is 0.340 e. The predicted molar refractivity (Wildman–Crippen MR) is 88.1 cm³/mol. The number of carbonyl (C=O) groups excluding carboxylic acids is 3. The first-order valence-corrected chi connectivity index (χ1v) is 8.22. The Morgan fingerprint density at radius 2 is 1.57 bits per heavy atom. The smallest absolute Gasteiger partial charge is 0.340 e. The van der Waals surface area contributed by atoms with E-state index >= 15 is 0 Å². The molecule has 1 atom stereocenters. The van der Waals surface area contributed by atoms with E-state index in [1.807, 2.05) is 30.3 Å². The fourth-order valence-electron chi connectivity index (χ4n) is 1.81. The highest BCUT2D eigenvalue weighted by molar-refractivity contribution is 9.10. The Bertz CT molecular complexity index is 517. The molecule has 1 aromatic carbocycles. The molecule has 1 aromatic rings. The maximum absolute atomic E-state index is 12.2. The van der Waals surface area contributed by atoms with Crippen LogP contribution in [-0.4, -0.2) is 41.9 Å². The van der Waals surface area contributed by atoms with Crippen molar-refractivity contribution in [3.8, 4) is 0 Å². The maximum atomic E-state index is 12.2. The van der Waals surface area contributed by atoms with Crippen LogP contribution in [0.5, 0.6) is 0 Å². The van der Waals surface area contributed by atoms with E-state index in [1.165, 1.54) is 0 Å². The van der Waals surface area contributed by atoms with E-state index in [9.17, 15) is 14.4 Å². The number of ether oxygens (including phenoxy) is 2. The van der Waals surface area contributed by atoms with Gasteiger partial charge in [-0.15, -0.1) is 0 Å². The molecule has 0 radical (unpaired) electrons. The SMILES string of the molecule is CCOC(=O)C(NC(=O)C(Br)Cc1ccccc1)C(=O)OCC. The lowest BCUT2D eigenvalue weighted by molar-refractivity contribution is -0.159. The molecule has 0 saturated carbocycles. The Labute approximate surface area is 143 Å². The second-order valence-corrected chi connectivity index (χ2v) is 5.71. The number of nitrogens with one attached hydrogen (secondary N) is 1. The van der Waals surface area contributed by atoms with Crippen LogP contribution in [0, 0.1) is 0 Å². The van der Waals surface area contributed by atoms with Gasteiger partial charge >= 0.3 is 11.9 Å². The van der Waals surface area contributed by atoms with Crippen molar-refractivity contribution in [2.45, 2.75) is 31.1 Å². The number of hydrogen-bond acceptors (Lipinski definition) is 5. The van der Waals surface area contributed by atoms with E-state index < -0.39 is 28.7 Å². The zero-order chi connectivity index (χ0) is 17.2. The third-order valence-corrected chi connectivity index (χ3v) is 3.61. The van der Waals surface area contributed by atoms with E-state index in [4.69, 9.17) is 9.47 Å². The van der Waals surface area contributed by atoms with Crippen LogP contribution in [0.2, 0.25) is 0 Å². The third-order valence-electron chi connectivity index (χ3n) is 2.87. The first-order valence-electron chi connectivity index (χ1n) is 7.31. The molecule has 1 N–H and O–H groups in total. The van der Waals surface area contributed by atoms with Gasteiger partial charge in [0.05, 0.1) is 18.0 Å². The molecule has 0 saturated heterocycles. The minimum atomic E-state index is -1.46. The molecule has 23 heavy (non-hydrogen) atoms. The summed E-state index contributed by atoms with van der Waals surface area (Å²) in [5, 5.41) is 2.37. The molecule has 0 aliphatic rings. The Kier molecular flexibility index (Phi) is 8.32. The Balaban J connectivity index is 2.71. The van der Waals surface area contributed by atoms with Crippen LogP contribution in [0.25, 0.3) is 0 Å². The summed E-state index contributed by atoms with van der Waals surface area (Å²) in [6, 6.07) is 7.92. The van der Waals surface area contributed by atoms with Crippen molar-refractivity contribution in [2.75, 3.05) is 13.2 Å². The molecule has 0 aliphatic carbocycles. The quantitative estimate of drug-likeness (QED) is 0.417. The minimum absolute atomic E-state index is 0.104. The van der Waals surface area contributed by atoms with Crippen molar-refractivity contribution in [1.82, 2.24) is 5.32 Å². The largest absolute Gasteiger partial charge is 0.464 e. The van der Waals surface area contributed by atoms with E-state index in [0.717, 1.165) is 5.56 Å². The van der Waals surface area contributed by atoms with E-state index in [1.54, 1.807) is 13.8 Å². The van der Waals surface area contributed by atoms with Gasteiger partial charge < -0.3 is 14.8 Å². The van der Waals surface area contributed by atoms with Gasteiger partial charge in [0, 0.05) is 0 Å². The molecular formula is C16H20BrNO5. The van der Waals surface area contributed by atoms with Gasteiger partial charge in [0.15, 0.2) is 0 Å². The monoisotopic (exact) mass is 385 g/mol. The van der Waals surface area contributed by atoms with E-state index in [-0.39, 0.29) is 13.2 Å². The van der Waals surface area contributed by atoms with Crippen molar-refractivity contribution in [3.63, 3.8) is 0 Å². The Morgan fingerprint density at radius 1 is 1.04 bits per heavy atom. The Hall–Kier alpha value is -1.89. The van der Waals surface area contributed by atoms with Crippen molar-refractivity contribution < 1.29 is 23.9 Å². The minimum Gasteiger partial charge on any atom is -0.464 e. The van der Waals surface area contributed by atoms with Crippen LogP contribution in [0.1, 0.15) is 19.4 Å². The van der Waals surface area contributed by atoms with Gasteiger partial charge in [-0.05, 0) is 25.8 Å².